The van der Waals surface area contributed by atoms with Crippen LogP contribution in [0.1, 0.15) is 22.1 Å². The van der Waals surface area contributed by atoms with Crippen molar-refractivity contribution >= 4 is 41.5 Å². The van der Waals surface area contributed by atoms with Gasteiger partial charge in [0.2, 0.25) is 5.89 Å². The van der Waals surface area contributed by atoms with Gasteiger partial charge in [-0.15, -0.1) is 12.4 Å². The average Bonchev–Trinajstić information content (AvgIpc) is 3.03. The number of nitrogens with two attached hydrogens (primary N) is 1. The Morgan fingerprint density at radius 3 is 2.40 bits per heavy atom. The quantitative estimate of drug-likeness (QED) is 0.837. The molecule has 7 nitrogen and oxygen atoms in total. The molecule has 0 saturated carbocycles. The zero-order valence-corrected chi connectivity index (χ0v) is 15.6. The van der Waals surface area contributed by atoms with E-state index in [-0.39, 0.29) is 24.9 Å². The van der Waals surface area contributed by atoms with Gasteiger partial charge in [0.1, 0.15) is 0 Å². The highest BCUT2D eigenvalue weighted by atomic mass is 35.5. The van der Waals surface area contributed by atoms with Crippen LogP contribution in [0.4, 0.5) is 0 Å². The van der Waals surface area contributed by atoms with Gasteiger partial charge in [-0.3, -0.25) is 9.69 Å². The van der Waals surface area contributed by atoms with Crippen LogP contribution in [0.3, 0.4) is 0 Å². The minimum Gasteiger partial charge on any atom is -0.338 e. The normalized spacial score (nSPS) is 15.1. The third-order valence-electron chi connectivity index (χ3n) is 3.89. The van der Waals surface area contributed by atoms with Crippen LogP contribution in [0.25, 0.3) is 0 Å². The zero-order valence-electron chi connectivity index (χ0n) is 13.3. The smallest absolute Gasteiger partial charge is 0.256 e. The average molecular weight is 407 g/mol. The molecule has 0 aliphatic carbocycles. The van der Waals surface area contributed by atoms with Crippen molar-refractivity contribution in [2.75, 3.05) is 26.2 Å². The summed E-state index contributed by atoms with van der Waals surface area (Å²) in [6.45, 7) is 3.39. The van der Waals surface area contributed by atoms with E-state index < -0.39 is 0 Å². The molecular formula is C15H18Cl3N5O2. The van der Waals surface area contributed by atoms with Crippen LogP contribution in [0, 0.1) is 0 Å². The van der Waals surface area contributed by atoms with E-state index in [4.69, 9.17) is 33.5 Å². The monoisotopic (exact) mass is 405 g/mol. The van der Waals surface area contributed by atoms with Gasteiger partial charge in [0.25, 0.3) is 5.91 Å². The maximum atomic E-state index is 12.6. The molecule has 0 atom stereocenters. The molecule has 0 spiro atoms. The van der Waals surface area contributed by atoms with E-state index in [1.165, 1.54) is 0 Å². The summed E-state index contributed by atoms with van der Waals surface area (Å²) in [5.74, 6) is 0.881. The van der Waals surface area contributed by atoms with Crippen molar-refractivity contribution in [1.29, 1.82) is 0 Å². The minimum absolute atomic E-state index is 0. The lowest BCUT2D eigenvalue weighted by Crippen LogP contribution is -2.48. The molecule has 2 heterocycles. The number of amides is 1. The number of nitrogens with zero attached hydrogens (tertiary/aromatic N) is 4. The predicted molar refractivity (Wildman–Crippen MR) is 97.1 cm³/mol. The molecule has 1 aromatic carbocycles. The first-order valence-corrected chi connectivity index (χ1v) is 8.31. The lowest BCUT2D eigenvalue weighted by Gasteiger charge is -2.34. The molecule has 1 fully saturated rings. The van der Waals surface area contributed by atoms with Crippen LogP contribution in [-0.4, -0.2) is 52.0 Å². The fraction of sp³-hybridized carbons (Fsp3) is 0.400. The molecule has 2 N–H and O–H groups in total. The van der Waals surface area contributed by atoms with Crippen molar-refractivity contribution in [3.63, 3.8) is 0 Å². The summed E-state index contributed by atoms with van der Waals surface area (Å²) in [5, 5.41) is 4.63. The first-order valence-electron chi connectivity index (χ1n) is 7.55. The molecule has 2 aromatic rings. The Morgan fingerprint density at radius 1 is 1.20 bits per heavy atom. The molecule has 0 unspecified atom stereocenters. The second kappa shape index (κ2) is 8.82. The van der Waals surface area contributed by atoms with E-state index >= 15 is 0 Å². The molecule has 3 rings (SSSR count). The predicted octanol–water partition coefficient (Wildman–Crippen LogP) is 2.21. The highest BCUT2D eigenvalue weighted by Crippen LogP contribution is 2.26. The number of hydrogen-bond donors (Lipinski definition) is 1. The Hall–Kier alpha value is -1.38. The highest BCUT2D eigenvalue weighted by molar-refractivity contribution is 6.39. The molecule has 1 aromatic heterocycles. The summed E-state index contributed by atoms with van der Waals surface area (Å²) in [6, 6.07) is 5.06. The lowest BCUT2D eigenvalue weighted by atomic mass is 10.1. The van der Waals surface area contributed by atoms with E-state index in [0.717, 1.165) is 0 Å². The van der Waals surface area contributed by atoms with Crippen molar-refractivity contribution in [3.05, 3.63) is 45.5 Å². The fourth-order valence-corrected chi connectivity index (χ4v) is 3.17. The number of benzene rings is 1. The van der Waals surface area contributed by atoms with Crippen molar-refractivity contribution < 1.29 is 9.32 Å². The fourth-order valence-electron chi connectivity index (χ4n) is 2.61. The van der Waals surface area contributed by atoms with Crippen LogP contribution < -0.4 is 5.73 Å². The van der Waals surface area contributed by atoms with Crippen LogP contribution >= 0.6 is 35.6 Å². The van der Waals surface area contributed by atoms with Gasteiger partial charge in [0.15, 0.2) is 5.82 Å². The molecule has 10 heteroatoms. The van der Waals surface area contributed by atoms with Crippen LogP contribution in [0.15, 0.2) is 22.7 Å². The summed E-state index contributed by atoms with van der Waals surface area (Å²) in [4.78, 5) is 20.7. The first kappa shape index (κ1) is 19.9. The molecule has 1 aliphatic rings. The second-order valence-corrected chi connectivity index (χ2v) is 6.29. The Morgan fingerprint density at radius 2 is 1.84 bits per heavy atom. The van der Waals surface area contributed by atoms with Gasteiger partial charge < -0.3 is 15.2 Å². The van der Waals surface area contributed by atoms with Gasteiger partial charge in [-0.1, -0.05) is 34.4 Å². The molecular weight excluding hydrogens is 389 g/mol. The topological polar surface area (TPSA) is 88.5 Å². The van der Waals surface area contributed by atoms with Gasteiger partial charge in [0, 0.05) is 26.2 Å². The number of carbonyl (C=O) groups excluding carboxylic acids is 1. The SMILES string of the molecule is Cl.NCc1nc(CN2CCN(C(=O)c3c(Cl)cccc3Cl)CC2)no1. The van der Waals surface area contributed by atoms with Crippen molar-refractivity contribution in [2.45, 2.75) is 13.1 Å². The van der Waals surface area contributed by atoms with Gasteiger partial charge in [-0.05, 0) is 12.1 Å². The number of piperazine rings is 1. The number of carbonyl (C=O) groups is 1. The Kier molecular flexibility index (Phi) is 7.04. The van der Waals surface area contributed by atoms with Gasteiger partial charge >= 0.3 is 0 Å². The number of halogens is 3. The molecule has 1 saturated heterocycles. The lowest BCUT2D eigenvalue weighted by molar-refractivity contribution is 0.0624. The van der Waals surface area contributed by atoms with Crippen LogP contribution in [-0.2, 0) is 13.1 Å². The molecule has 0 bridgehead atoms. The van der Waals surface area contributed by atoms with Crippen molar-refractivity contribution in [3.8, 4) is 0 Å². The highest BCUT2D eigenvalue weighted by Gasteiger charge is 2.25. The van der Waals surface area contributed by atoms with E-state index in [2.05, 4.69) is 15.0 Å². The summed E-state index contributed by atoms with van der Waals surface area (Å²) in [7, 11) is 0. The number of rotatable bonds is 4. The van der Waals surface area contributed by atoms with E-state index in [1.807, 2.05) is 0 Å². The van der Waals surface area contributed by atoms with Crippen LogP contribution in [0.5, 0.6) is 0 Å². The summed E-state index contributed by atoms with van der Waals surface area (Å²) in [5.41, 5.74) is 5.81. The Labute approximate surface area is 161 Å². The second-order valence-electron chi connectivity index (χ2n) is 5.47. The first-order chi connectivity index (χ1) is 11.6. The standard InChI is InChI=1S/C15H17Cl2N5O2.ClH/c16-10-2-1-3-11(17)14(10)15(23)22-6-4-21(5-7-22)9-12-19-13(8-18)24-20-12;/h1-3H,4-9,18H2;1H. The Bertz CT molecular complexity index is 711. The number of hydrogen-bond acceptors (Lipinski definition) is 6. The van der Waals surface area contributed by atoms with E-state index in [1.54, 1.807) is 23.1 Å². The molecule has 1 amide bonds. The summed E-state index contributed by atoms with van der Waals surface area (Å²) >= 11 is 12.2. The molecule has 136 valence electrons. The molecule has 1 aliphatic heterocycles. The van der Waals surface area contributed by atoms with Gasteiger partial charge in [-0.25, -0.2) is 0 Å². The van der Waals surface area contributed by atoms with Gasteiger partial charge in [0.05, 0.1) is 28.7 Å². The molecule has 0 radical (unpaired) electrons. The maximum absolute atomic E-state index is 12.6. The van der Waals surface area contributed by atoms with E-state index in [9.17, 15) is 4.79 Å². The van der Waals surface area contributed by atoms with Crippen LogP contribution in [0.2, 0.25) is 10.0 Å². The maximum Gasteiger partial charge on any atom is 0.256 e. The van der Waals surface area contributed by atoms with Gasteiger partial charge in [-0.2, -0.15) is 4.98 Å². The summed E-state index contributed by atoms with van der Waals surface area (Å²) in [6.07, 6.45) is 0. The largest absolute Gasteiger partial charge is 0.338 e. The van der Waals surface area contributed by atoms with Crippen molar-refractivity contribution in [2.24, 2.45) is 5.73 Å². The molecule has 25 heavy (non-hydrogen) atoms. The van der Waals surface area contributed by atoms with E-state index in [0.29, 0.717) is 60.0 Å². The Balaban J connectivity index is 0.00000225. The minimum atomic E-state index is -0.143. The number of aromatic nitrogens is 2. The van der Waals surface area contributed by atoms with Crippen molar-refractivity contribution in [1.82, 2.24) is 19.9 Å². The third kappa shape index (κ3) is 4.62. The third-order valence-corrected chi connectivity index (χ3v) is 4.52. The summed E-state index contributed by atoms with van der Waals surface area (Å²) < 4.78 is 4.99. The zero-order chi connectivity index (χ0) is 17.1.